The third kappa shape index (κ3) is 2.90. The molecule has 1 atom stereocenters. The number of nitro groups is 1. The first-order valence-electron chi connectivity index (χ1n) is 6.11. The Morgan fingerprint density at radius 1 is 1.42 bits per heavy atom. The van der Waals surface area contributed by atoms with Crippen LogP contribution in [0.25, 0.3) is 0 Å². The van der Waals surface area contributed by atoms with Gasteiger partial charge in [-0.25, -0.2) is 4.68 Å². The van der Waals surface area contributed by atoms with Gasteiger partial charge < -0.3 is 5.73 Å². The van der Waals surface area contributed by atoms with E-state index in [4.69, 9.17) is 5.73 Å². The molecule has 0 radical (unpaired) electrons. The molecular weight excluding hydrogens is 244 g/mol. The highest BCUT2D eigenvalue weighted by atomic mass is 16.6. The van der Waals surface area contributed by atoms with Gasteiger partial charge in [-0.3, -0.25) is 10.1 Å². The van der Waals surface area contributed by atoms with E-state index < -0.39 is 4.92 Å². The van der Waals surface area contributed by atoms with E-state index in [1.54, 1.807) is 0 Å². The number of nitrogen functional groups attached to an aromatic ring is 1. The van der Waals surface area contributed by atoms with Crippen LogP contribution in [0, 0.1) is 10.1 Å². The van der Waals surface area contributed by atoms with Crippen LogP contribution >= 0.6 is 0 Å². The Kier molecular flexibility index (Phi) is 3.79. The van der Waals surface area contributed by atoms with Gasteiger partial charge in [-0.2, -0.15) is 5.10 Å². The molecule has 2 aromatic rings. The molecule has 1 heterocycles. The van der Waals surface area contributed by atoms with E-state index in [9.17, 15) is 10.1 Å². The third-order valence-corrected chi connectivity index (χ3v) is 3.12. The number of nitrogens with zero attached hydrogens (tertiary/aromatic N) is 3. The van der Waals surface area contributed by atoms with E-state index in [1.165, 1.54) is 16.4 Å². The van der Waals surface area contributed by atoms with Crippen molar-refractivity contribution in [3.8, 4) is 0 Å². The molecule has 0 saturated carbocycles. The predicted octanol–water partition coefficient (Wildman–Crippen LogP) is 2.57. The second kappa shape index (κ2) is 5.51. The Morgan fingerprint density at radius 3 is 2.68 bits per heavy atom. The van der Waals surface area contributed by atoms with Gasteiger partial charge in [-0.1, -0.05) is 30.3 Å². The summed E-state index contributed by atoms with van der Waals surface area (Å²) >= 11 is 0. The molecule has 2 N–H and O–H groups in total. The summed E-state index contributed by atoms with van der Waals surface area (Å²) in [6, 6.07) is 10.1. The SMILES string of the molecule is CC(CCc1ccccc1)n1ncc([N+](=O)[O-])c1N. The first kappa shape index (κ1) is 13.1. The Bertz CT molecular complexity index is 565. The van der Waals surface area contributed by atoms with E-state index in [1.807, 2.05) is 25.1 Å². The van der Waals surface area contributed by atoms with Crippen LogP contribution in [0.4, 0.5) is 11.5 Å². The molecule has 0 saturated heterocycles. The number of nitrogens with two attached hydrogens (primary N) is 1. The number of rotatable bonds is 5. The van der Waals surface area contributed by atoms with Gasteiger partial charge in [0.25, 0.3) is 0 Å². The van der Waals surface area contributed by atoms with Crippen LogP contribution in [-0.2, 0) is 6.42 Å². The fourth-order valence-electron chi connectivity index (χ4n) is 2.00. The Morgan fingerprint density at radius 2 is 2.11 bits per heavy atom. The quantitative estimate of drug-likeness (QED) is 0.661. The van der Waals surface area contributed by atoms with Gasteiger partial charge in [0, 0.05) is 0 Å². The van der Waals surface area contributed by atoms with Gasteiger partial charge in [0.2, 0.25) is 5.82 Å². The maximum atomic E-state index is 10.7. The van der Waals surface area contributed by atoms with Gasteiger partial charge in [-0.15, -0.1) is 0 Å². The molecule has 0 aliphatic carbocycles. The average Bonchev–Trinajstić information content (AvgIpc) is 2.79. The highest BCUT2D eigenvalue weighted by molar-refractivity contribution is 5.51. The number of aryl methyl sites for hydroxylation is 1. The minimum atomic E-state index is -0.511. The highest BCUT2D eigenvalue weighted by Crippen LogP contribution is 2.25. The van der Waals surface area contributed by atoms with Crippen LogP contribution in [0.1, 0.15) is 24.9 Å². The molecule has 2 rings (SSSR count). The Hall–Kier alpha value is -2.37. The smallest absolute Gasteiger partial charge is 0.330 e. The molecule has 0 bridgehead atoms. The molecule has 0 aliphatic rings. The monoisotopic (exact) mass is 260 g/mol. The molecule has 6 heteroatoms. The summed E-state index contributed by atoms with van der Waals surface area (Å²) in [6.45, 7) is 1.95. The summed E-state index contributed by atoms with van der Waals surface area (Å²) in [7, 11) is 0. The van der Waals surface area contributed by atoms with Gasteiger partial charge >= 0.3 is 5.69 Å². The van der Waals surface area contributed by atoms with E-state index in [2.05, 4.69) is 17.2 Å². The first-order valence-corrected chi connectivity index (χ1v) is 6.11. The van der Waals surface area contributed by atoms with Crippen molar-refractivity contribution in [1.29, 1.82) is 0 Å². The van der Waals surface area contributed by atoms with Gasteiger partial charge in [0.05, 0.1) is 11.0 Å². The lowest BCUT2D eigenvalue weighted by Gasteiger charge is -2.13. The molecule has 0 spiro atoms. The lowest BCUT2D eigenvalue weighted by molar-refractivity contribution is -0.384. The molecule has 0 fully saturated rings. The van der Waals surface area contributed by atoms with Crippen molar-refractivity contribution in [2.75, 3.05) is 5.73 Å². The number of benzene rings is 1. The van der Waals surface area contributed by atoms with Crippen LogP contribution in [0.5, 0.6) is 0 Å². The van der Waals surface area contributed by atoms with Crippen LogP contribution in [0.15, 0.2) is 36.5 Å². The van der Waals surface area contributed by atoms with Crippen molar-refractivity contribution in [3.63, 3.8) is 0 Å². The lowest BCUT2D eigenvalue weighted by atomic mass is 10.1. The predicted molar refractivity (Wildman–Crippen MR) is 72.8 cm³/mol. The van der Waals surface area contributed by atoms with Gasteiger partial charge in [0.15, 0.2) is 0 Å². The zero-order chi connectivity index (χ0) is 13.8. The molecule has 6 nitrogen and oxygen atoms in total. The van der Waals surface area contributed by atoms with Crippen molar-refractivity contribution in [3.05, 3.63) is 52.2 Å². The van der Waals surface area contributed by atoms with Crippen molar-refractivity contribution in [2.45, 2.75) is 25.8 Å². The Labute approximate surface area is 111 Å². The van der Waals surface area contributed by atoms with E-state index in [-0.39, 0.29) is 17.5 Å². The van der Waals surface area contributed by atoms with E-state index in [0.717, 1.165) is 12.8 Å². The maximum Gasteiger partial charge on any atom is 0.330 e. The molecular formula is C13H16N4O2. The largest absolute Gasteiger partial charge is 0.378 e. The number of hydrogen-bond donors (Lipinski definition) is 1. The lowest BCUT2D eigenvalue weighted by Crippen LogP contribution is -2.11. The van der Waals surface area contributed by atoms with Crippen molar-refractivity contribution in [1.82, 2.24) is 9.78 Å². The molecule has 1 unspecified atom stereocenters. The van der Waals surface area contributed by atoms with Crippen LogP contribution in [-0.4, -0.2) is 14.7 Å². The van der Waals surface area contributed by atoms with Gasteiger partial charge in [0.1, 0.15) is 6.20 Å². The maximum absolute atomic E-state index is 10.7. The van der Waals surface area contributed by atoms with Crippen LogP contribution in [0.3, 0.4) is 0 Å². The highest BCUT2D eigenvalue weighted by Gasteiger charge is 2.20. The zero-order valence-electron chi connectivity index (χ0n) is 10.7. The fraction of sp³-hybridized carbons (Fsp3) is 0.308. The summed E-state index contributed by atoms with van der Waals surface area (Å²) in [5.41, 5.74) is 6.83. The average molecular weight is 260 g/mol. The summed E-state index contributed by atoms with van der Waals surface area (Å²) in [5, 5.41) is 14.7. The standard InChI is InChI=1S/C13H16N4O2/c1-10(7-8-11-5-3-2-4-6-11)16-13(14)12(9-15-16)17(18)19/h2-6,9-10H,7-8,14H2,1H3. The Balaban J connectivity index is 2.04. The summed E-state index contributed by atoms with van der Waals surface area (Å²) < 4.78 is 1.51. The van der Waals surface area contributed by atoms with E-state index >= 15 is 0 Å². The second-order valence-electron chi connectivity index (χ2n) is 4.49. The number of aromatic nitrogens is 2. The topological polar surface area (TPSA) is 87.0 Å². The van der Waals surface area contributed by atoms with Gasteiger partial charge in [-0.05, 0) is 25.3 Å². The van der Waals surface area contributed by atoms with Crippen LogP contribution in [0.2, 0.25) is 0 Å². The molecule has 1 aromatic carbocycles. The first-order chi connectivity index (χ1) is 9.09. The normalized spacial score (nSPS) is 12.3. The van der Waals surface area contributed by atoms with Crippen molar-refractivity contribution >= 4 is 11.5 Å². The zero-order valence-corrected chi connectivity index (χ0v) is 10.7. The number of anilines is 1. The molecule has 100 valence electrons. The molecule has 0 amide bonds. The molecule has 1 aromatic heterocycles. The van der Waals surface area contributed by atoms with Crippen molar-refractivity contribution < 1.29 is 4.92 Å². The van der Waals surface area contributed by atoms with Crippen LogP contribution < -0.4 is 5.73 Å². The fourth-order valence-corrected chi connectivity index (χ4v) is 2.00. The number of hydrogen-bond acceptors (Lipinski definition) is 4. The summed E-state index contributed by atoms with van der Waals surface area (Å²) in [6.07, 6.45) is 2.91. The summed E-state index contributed by atoms with van der Waals surface area (Å²) in [4.78, 5) is 10.2. The van der Waals surface area contributed by atoms with Crippen molar-refractivity contribution in [2.24, 2.45) is 0 Å². The molecule has 19 heavy (non-hydrogen) atoms. The summed E-state index contributed by atoms with van der Waals surface area (Å²) in [5.74, 6) is 0.116. The second-order valence-corrected chi connectivity index (χ2v) is 4.49. The van der Waals surface area contributed by atoms with E-state index in [0.29, 0.717) is 0 Å². The minimum Gasteiger partial charge on any atom is -0.378 e. The molecule has 0 aliphatic heterocycles. The third-order valence-electron chi connectivity index (χ3n) is 3.12. The minimum absolute atomic E-state index is 0.0221.